The van der Waals surface area contributed by atoms with E-state index in [1.165, 1.54) is 22.9 Å². The predicted molar refractivity (Wildman–Crippen MR) is 62.7 cm³/mol. The third-order valence-electron chi connectivity index (χ3n) is 2.47. The lowest BCUT2D eigenvalue weighted by atomic mass is 10.1. The molecule has 2 rings (SSSR count). The molecule has 17 heavy (non-hydrogen) atoms. The lowest BCUT2D eigenvalue weighted by Crippen LogP contribution is -2.09. The summed E-state index contributed by atoms with van der Waals surface area (Å²) in [6.45, 7) is 0. The van der Waals surface area contributed by atoms with Crippen LogP contribution in [0.2, 0.25) is 5.02 Å². The highest BCUT2D eigenvalue weighted by Gasteiger charge is 2.13. The average Bonchev–Trinajstić information content (AvgIpc) is 2.68. The van der Waals surface area contributed by atoms with Crippen LogP contribution in [0.3, 0.4) is 0 Å². The Hall–Kier alpha value is -1.68. The summed E-state index contributed by atoms with van der Waals surface area (Å²) < 4.78 is 14.3. The Kier molecular flexibility index (Phi) is 3.24. The van der Waals surface area contributed by atoms with Crippen LogP contribution >= 0.6 is 11.6 Å². The lowest BCUT2D eigenvalue weighted by molar-refractivity contribution is 0.0984. The zero-order chi connectivity index (χ0) is 12.4. The number of aryl methyl sites for hydroxylation is 1. The summed E-state index contributed by atoms with van der Waals surface area (Å²) in [5, 5.41) is 4.18. The van der Waals surface area contributed by atoms with Gasteiger partial charge in [0.15, 0.2) is 5.78 Å². The zero-order valence-corrected chi connectivity index (χ0v) is 9.91. The molecule has 0 saturated carbocycles. The van der Waals surface area contributed by atoms with Gasteiger partial charge in [-0.05, 0) is 23.8 Å². The van der Waals surface area contributed by atoms with Crippen LogP contribution in [0, 0.1) is 5.82 Å². The largest absolute Gasteiger partial charge is 0.292 e. The summed E-state index contributed by atoms with van der Waals surface area (Å²) in [5.41, 5.74) is 1.12. The lowest BCUT2D eigenvalue weighted by Gasteiger charge is -2.04. The van der Waals surface area contributed by atoms with Crippen molar-refractivity contribution in [1.29, 1.82) is 0 Å². The summed E-state index contributed by atoms with van der Waals surface area (Å²) in [4.78, 5) is 11.9. The van der Waals surface area contributed by atoms with Crippen molar-refractivity contribution in [3.63, 3.8) is 0 Å². The molecule has 0 saturated heterocycles. The van der Waals surface area contributed by atoms with E-state index in [1.807, 2.05) is 0 Å². The molecule has 0 aliphatic heterocycles. The first-order valence-electron chi connectivity index (χ1n) is 5.03. The van der Waals surface area contributed by atoms with Crippen LogP contribution in [0.1, 0.15) is 16.1 Å². The first-order valence-corrected chi connectivity index (χ1v) is 5.41. The van der Waals surface area contributed by atoms with Gasteiger partial charge in [-0.3, -0.25) is 9.48 Å². The van der Waals surface area contributed by atoms with Crippen LogP contribution in [0.4, 0.5) is 4.39 Å². The summed E-state index contributed by atoms with van der Waals surface area (Å²) in [6, 6.07) is 5.65. The number of hydrogen-bond acceptors (Lipinski definition) is 2. The molecule has 1 aromatic heterocycles. The molecule has 0 radical (unpaired) electrons. The Balaban J connectivity index is 2.22. The first-order chi connectivity index (χ1) is 8.08. The number of carbonyl (C=O) groups is 1. The second-order valence-corrected chi connectivity index (χ2v) is 4.08. The number of ketones is 1. The van der Waals surface area contributed by atoms with Crippen molar-refractivity contribution in [2.45, 2.75) is 6.42 Å². The van der Waals surface area contributed by atoms with Crippen molar-refractivity contribution in [1.82, 2.24) is 9.78 Å². The minimum absolute atomic E-state index is 0.0986. The third-order valence-corrected chi connectivity index (χ3v) is 2.82. The molecule has 0 N–H and O–H groups in total. The zero-order valence-electron chi connectivity index (χ0n) is 9.15. The maximum atomic E-state index is 12.8. The fourth-order valence-electron chi connectivity index (χ4n) is 1.58. The van der Waals surface area contributed by atoms with E-state index >= 15 is 0 Å². The second kappa shape index (κ2) is 4.67. The standard InChI is InChI=1S/C12H10ClFN2O/c1-16-11(4-5-15-16)12(17)6-8-2-3-9(14)7-10(8)13/h2-5,7H,6H2,1H3. The maximum Gasteiger partial charge on any atom is 0.185 e. The number of Topliss-reactive ketones (excluding diaryl/α,β-unsaturated/α-hetero) is 1. The van der Waals surface area contributed by atoms with Crippen LogP contribution in [0.5, 0.6) is 0 Å². The van der Waals surface area contributed by atoms with Gasteiger partial charge >= 0.3 is 0 Å². The molecule has 5 heteroatoms. The van der Waals surface area contributed by atoms with Crippen LogP contribution < -0.4 is 0 Å². The molecule has 1 aromatic carbocycles. The van der Waals surface area contributed by atoms with Gasteiger partial charge in [0, 0.05) is 24.7 Å². The maximum absolute atomic E-state index is 12.8. The van der Waals surface area contributed by atoms with Crippen molar-refractivity contribution in [2.75, 3.05) is 0 Å². The van der Waals surface area contributed by atoms with Gasteiger partial charge in [0.25, 0.3) is 0 Å². The molecule has 0 atom stereocenters. The van der Waals surface area contributed by atoms with E-state index < -0.39 is 5.82 Å². The third kappa shape index (κ3) is 2.53. The fourth-order valence-corrected chi connectivity index (χ4v) is 1.81. The highest BCUT2D eigenvalue weighted by molar-refractivity contribution is 6.31. The van der Waals surface area contributed by atoms with Crippen LogP contribution in [0.15, 0.2) is 30.5 Å². The van der Waals surface area contributed by atoms with Crippen molar-refractivity contribution < 1.29 is 9.18 Å². The number of benzene rings is 1. The molecule has 3 nitrogen and oxygen atoms in total. The van der Waals surface area contributed by atoms with Crippen LogP contribution in [-0.4, -0.2) is 15.6 Å². The monoisotopic (exact) mass is 252 g/mol. The Morgan fingerprint density at radius 2 is 2.24 bits per heavy atom. The fraction of sp³-hybridized carbons (Fsp3) is 0.167. The summed E-state index contributed by atoms with van der Waals surface area (Å²) in [7, 11) is 1.69. The number of hydrogen-bond donors (Lipinski definition) is 0. The molecule has 0 bridgehead atoms. The van der Waals surface area contributed by atoms with Gasteiger partial charge in [-0.15, -0.1) is 0 Å². The number of nitrogens with zero attached hydrogens (tertiary/aromatic N) is 2. The summed E-state index contributed by atoms with van der Waals surface area (Å²) in [6.07, 6.45) is 1.69. The molecular weight excluding hydrogens is 243 g/mol. The number of aromatic nitrogens is 2. The minimum atomic E-state index is -0.410. The van der Waals surface area contributed by atoms with Crippen LogP contribution in [0.25, 0.3) is 0 Å². The molecular formula is C12H10ClFN2O. The predicted octanol–water partition coefficient (Wildman–Crippen LogP) is 2.64. The van der Waals surface area contributed by atoms with E-state index in [0.717, 1.165) is 0 Å². The van der Waals surface area contributed by atoms with Gasteiger partial charge in [-0.2, -0.15) is 5.10 Å². The summed E-state index contributed by atoms with van der Waals surface area (Å²) >= 11 is 5.86. The van der Waals surface area contributed by atoms with Crippen molar-refractivity contribution >= 4 is 17.4 Å². The molecule has 0 aliphatic carbocycles. The van der Waals surface area contributed by atoms with Gasteiger partial charge in [0.05, 0.1) is 0 Å². The van der Waals surface area contributed by atoms with E-state index in [9.17, 15) is 9.18 Å². The number of carbonyl (C=O) groups excluding carboxylic acids is 1. The van der Waals surface area contributed by atoms with Crippen molar-refractivity contribution in [3.05, 3.63) is 52.6 Å². The van der Waals surface area contributed by atoms with Crippen LogP contribution in [-0.2, 0) is 13.5 Å². The molecule has 0 amide bonds. The van der Waals surface area contributed by atoms with Gasteiger partial charge in [0.2, 0.25) is 0 Å². The first kappa shape index (κ1) is 11.8. The molecule has 88 valence electrons. The minimum Gasteiger partial charge on any atom is -0.292 e. The van der Waals surface area contributed by atoms with E-state index in [-0.39, 0.29) is 17.2 Å². The Morgan fingerprint density at radius 1 is 1.47 bits per heavy atom. The van der Waals surface area contributed by atoms with E-state index in [0.29, 0.717) is 11.3 Å². The Labute approximate surface area is 103 Å². The SMILES string of the molecule is Cn1nccc1C(=O)Cc1ccc(F)cc1Cl. The smallest absolute Gasteiger partial charge is 0.185 e. The molecule has 1 heterocycles. The molecule has 0 aliphatic rings. The van der Waals surface area contributed by atoms with Gasteiger partial charge in [-0.25, -0.2) is 4.39 Å². The Morgan fingerprint density at radius 3 is 2.82 bits per heavy atom. The average molecular weight is 253 g/mol. The van der Waals surface area contributed by atoms with Crippen molar-refractivity contribution in [2.24, 2.45) is 7.05 Å². The topological polar surface area (TPSA) is 34.9 Å². The number of rotatable bonds is 3. The van der Waals surface area contributed by atoms with E-state index in [4.69, 9.17) is 11.6 Å². The molecule has 0 unspecified atom stereocenters. The normalized spacial score (nSPS) is 10.5. The van der Waals surface area contributed by atoms with Gasteiger partial charge < -0.3 is 0 Å². The molecule has 0 spiro atoms. The number of halogens is 2. The van der Waals surface area contributed by atoms with E-state index in [2.05, 4.69) is 5.10 Å². The molecule has 0 fully saturated rings. The highest BCUT2D eigenvalue weighted by atomic mass is 35.5. The van der Waals surface area contributed by atoms with E-state index in [1.54, 1.807) is 19.3 Å². The van der Waals surface area contributed by atoms with Crippen molar-refractivity contribution in [3.8, 4) is 0 Å². The second-order valence-electron chi connectivity index (χ2n) is 3.68. The Bertz CT molecular complexity index is 565. The quantitative estimate of drug-likeness (QED) is 0.787. The highest BCUT2D eigenvalue weighted by Crippen LogP contribution is 2.19. The molecule has 2 aromatic rings. The van der Waals surface area contributed by atoms with Gasteiger partial charge in [0.1, 0.15) is 11.5 Å². The van der Waals surface area contributed by atoms with Gasteiger partial charge in [-0.1, -0.05) is 17.7 Å². The summed E-state index contributed by atoms with van der Waals surface area (Å²) in [5.74, 6) is -0.509.